The lowest BCUT2D eigenvalue weighted by Crippen LogP contribution is -2.01. The average Bonchev–Trinajstić information content (AvgIpc) is 2.93. The molecule has 3 aromatic rings. The Bertz CT molecular complexity index is 920. The fourth-order valence-corrected chi connectivity index (χ4v) is 3.68. The van der Waals surface area contributed by atoms with Crippen LogP contribution in [0.1, 0.15) is 36.5 Å². The number of ether oxygens (including phenoxy) is 1. The Kier molecular flexibility index (Phi) is 4.86. The van der Waals surface area contributed by atoms with Gasteiger partial charge < -0.3 is 14.8 Å². The van der Waals surface area contributed by atoms with E-state index in [1.165, 1.54) is 5.56 Å². The first-order chi connectivity index (χ1) is 11.8. The van der Waals surface area contributed by atoms with Crippen molar-refractivity contribution in [2.45, 2.75) is 33.1 Å². The quantitative estimate of drug-likeness (QED) is 0.569. The molecule has 4 nitrogen and oxygen atoms in total. The topological polar surface area (TPSA) is 62.3 Å². The number of rotatable bonds is 5. The van der Waals surface area contributed by atoms with E-state index in [-0.39, 0.29) is 6.42 Å². The van der Waals surface area contributed by atoms with Gasteiger partial charge in [0.25, 0.3) is 0 Å². The smallest absolute Gasteiger partial charge is 0.307 e. The van der Waals surface area contributed by atoms with Gasteiger partial charge in [0, 0.05) is 17.1 Å². The highest BCUT2D eigenvalue weighted by atomic mass is 79.9. The molecule has 0 unspecified atom stereocenters. The number of H-pyrrole nitrogens is 1. The first kappa shape index (κ1) is 17.5. The second kappa shape index (κ2) is 6.92. The molecule has 0 aliphatic heterocycles. The highest BCUT2D eigenvalue weighted by molar-refractivity contribution is 9.10. The minimum atomic E-state index is -0.848. The Morgan fingerprint density at radius 2 is 2.04 bits per heavy atom. The maximum atomic E-state index is 10.9. The first-order valence-electron chi connectivity index (χ1n) is 8.15. The van der Waals surface area contributed by atoms with Crippen LogP contribution in [0.3, 0.4) is 0 Å². The third-order valence-electron chi connectivity index (χ3n) is 4.17. The second-order valence-electron chi connectivity index (χ2n) is 6.50. The van der Waals surface area contributed by atoms with Crippen LogP contribution in [-0.2, 0) is 11.2 Å². The Labute approximate surface area is 155 Å². The highest BCUT2D eigenvalue weighted by Gasteiger charge is 2.13. The van der Waals surface area contributed by atoms with E-state index in [9.17, 15) is 4.79 Å². The minimum Gasteiger partial charge on any atom is -0.481 e. The van der Waals surface area contributed by atoms with Crippen LogP contribution in [0, 0.1) is 6.92 Å². The summed E-state index contributed by atoms with van der Waals surface area (Å²) in [7, 11) is 0. The molecule has 1 heterocycles. The number of aliphatic carboxylic acids is 1. The van der Waals surface area contributed by atoms with Crippen LogP contribution < -0.4 is 4.74 Å². The van der Waals surface area contributed by atoms with Crippen molar-refractivity contribution >= 4 is 32.8 Å². The van der Waals surface area contributed by atoms with Crippen molar-refractivity contribution in [1.29, 1.82) is 0 Å². The van der Waals surface area contributed by atoms with Crippen molar-refractivity contribution < 1.29 is 14.6 Å². The number of carboxylic acid groups (broad SMARTS) is 1. The van der Waals surface area contributed by atoms with E-state index in [0.717, 1.165) is 32.3 Å². The summed E-state index contributed by atoms with van der Waals surface area (Å²) in [5.74, 6) is 1.03. The molecule has 1 aromatic heterocycles. The highest BCUT2D eigenvalue weighted by Crippen LogP contribution is 2.36. The number of fused-ring (bicyclic) bond motifs is 1. The van der Waals surface area contributed by atoms with Gasteiger partial charge in [0.2, 0.25) is 0 Å². The number of aromatic nitrogens is 1. The number of benzene rings is 2. The zero-order valence-corrected chi connectivity index (χ0v) is 16.0. The third-order valence-corrected chi connectivity index (χ3v) is 4.76. The molecule has 3 rings (SSSR count). The van der Waals surface area contributed by atoms with Crippen LogP contribution in [0.25, 0.3) is 10.9 Å². The molecule has 0 saturated heterocycles. The molecule has 0 spiro atoms. The molecule has 2 N–H and O–H groups in total. The van der Waals surface area contributed by atoms with Crippen molar-refractivity contribution in [3.05, 3.63) is 57.7 Å². The molecule has 0 bridgehead atoms. The number of hydrogen-bond donors (Lipinski definition) is 2. The molecule has 0 saturated carbocycles. The maximum absolute atomic E-state index is 10.9. The number of carboxylic acids is 1. The van der Waals surface area contributed by atoms with Crippen molar-refractivity contribution in [2.24, 2.45) is 0 Å². The van der Waals surface area contributed by atoms with E-state index < -0.39 is 5.97 Å². The summed E-state index contributed by atoms with van der Waals surface area (Å²) < 4.78 is 6.86. The van der Waals surface area contributed by atoms with Crippen LogP contribution in [-0.4, -0.2) is 16.1 Å². The van der Waals surface area contributed by atoms with Crippen molar-refractivity contribution in [3.63, 3.8) is 0 Å². The minimum absolute atomic E-state index is 0.00716. The van der Waals surface area contributed by atoms with Gasteiger partial charge in [-0.2, -0.15) is 0 Å². The van der Waals surface area contributed by atoms with Crippen LogP contribution in [0.2, 0.25) is 0 Å². The SMILES string of the molecule is Cc1cc(CC(=O)O)cc(Br)c1Oc1ccc2[nH]cc(C(C)C)c2c1. The second-order valence-corrected chi connectivity index (χ2v) is 7.36. The van der Waals surface area contributed by atoms with E-state index in [2.05, 4.69) is 34.8 Å². The molecule has 0 radical (unpaired) electrons. The van der Waals surface area contributed by atoms with E-state index in [4.69, 9.17) is 9.84 Å². The molecule has 2 aromatic carbocycles. The number of carbonyl (C=O) groups is 1. The molecular formula is C20H20BrNO3. The fourth-order valence-electron chi connectivity index (χ4n) is 2.99. The van der Waals surface area contributed by atoms with E-state index in [0.29, 0.717) is 11.7 Å². The van der Waals surface area contributed by atoms with E-state index in [1.54, 1.807) is 6.07 Å². The Morgan fingerprint density at radius 1 is 1.28 bits per heavy atom. The lowest BCUT2D eigenvalue weighted by atomic mass is 10.0. The van der Waals surface area contributed by atoms with Gasteiger partial charge >= 0.3 is 5.97 Å². The third kappa shape index (κ3) is 3.71. The summed E-state index contributed by atoms with van der Waals surface area (Å²) in [5, 5.41) is 10.1. The van der Waals surface area contributed by atoms with Gasteiger partial charge in [0.05, 0.1) is 10.9 Å². The summed E-state index contributed by atoms with van der Waals surface area (Å²) >= 11 is 3.50. The predicted octanol–water partition coefficient (Wildman–Crippen LogP) is 5.78. The summed E-state index contributed by atoms with van der Waals surface area (Å²) in [6, 6.07) is 9.63. The molecule has 0 atom stereocenters. The summed E-state index contributed by atoms with van der Waals surface area (Å²) in [6.07, 6.45) is 2.04. The van der Waals surface area contributed by atoms with Gasteiger partial charge in [-0.3, -0.25) is 4.79 Å². The zero-order chi connectivity index (χ0) is 18.1. The van der Waals surface area contributed by atoms with Gasteiger partial charge in [0.15, 0.2) is 0 Å². The molecule has 0 amide bonds. The van der Waals surface area contributed by atoms with E-state index >= 15 is 0 Å². The monoisotopic (exact) mass is 401 g/mol. The van der Waals surface area contributed by atoms with Gasteiger partial charge in [-0.05, 0) is 69.7 Å². The standard InChI is InChI=1S/C20H20BrNO3/c1-11(2)16-10-22-18-5-4-14(9-15(16)18)25-20-12(3)6-13(7-17(20)21)8-19(23)24/h4-7,9-11,22H,8H2,1-3H3,(H,23,24). The lowest BCUT2D eigenvalue weighted by Gasteiger charge is -2.13. The van der Waals surface area contributed by atoms with Crippen molar-refractivity contribution in [2.75, 3.05) is 0 Å². The molecule has 0 aliphatic carbocycles. The Morgan fingerprint density at radius 3 is 2.68 bits per heavy atom. The van der Waals surface area contributed by atoms with Crippen LogP contribution in [0.15, 0.2) is 41.0 Å². The fraction of sp³-hybridized carbons (Fsp3) is 0.250. The summed E-state index contributed by atoms with van der Waals surface area (Å²) in [5.41, 5.74) is 3.98. The van der Waals surface area contributed by atoms with Crippen LogP contribution >= 0.6 is 15.9 Å². The van der Waals surface area contributed by atoms with Gasteiger partial charge in [-0.15, -0.1) is 0 Å². The van der Waals surface area contributed by atoms with Gasteiger partial charge in [0.1, 0.15) is 11.5 Å². The van der Waals surface area contributed by atoms with Gasteiger partial charge in [-0.25, -0.2) is 0 Å². The number of aromatic amines is 1. The Hall–Kier alpha value is -2.27. The van der Waals surface area contributed by atoms with Crippen LogP contribution in [0.4, 0.5) is 0 Å². The average molecular weight is 402 g/mol. The van der Waals surface area contributed by atoms with Crippen molar-refractivity contribution in [3.8, 4) is 11.5 Å². The number of halogens is 1. The number of aryl methyl sites for hydroxylation is 1. The van der Waals surface area contributed by atoms with Gasteiger partial charge in [-0.1, -0.05) is 19.9 Å². The summed E-state index contributed by atoms with van der Waals surface area (Å²) in [6.45, 7) is 6.25. The largest absolute Gasteiger partial charge is 0.481 e. The lowest BCUT2D eigenvalue weighted by molar-refractivity contribution is -0.136. The molecule has 5 heteroatoms. The molecule has 25 heavy (non-hydrogen) atoms. The zero-order valence-electron chi connectivity index (χ0n) is 14.4. The predicted molar refractivity (Wildman–Crippen MR) is 103 cm³/mol. The Balaban J connectivity index is 1.95. The number of hydrogen-bond acceptors (Lipinski definition) is 2. The normalized spacial score (nSPS) is 11.2. The van der Waals surface area contributed by atoms with E-state index in [1.807, 2.05) is 37.4 Å². The molecule has 0 fully saturated rings. The maximum Gasteiger partial charge on any atom is 0.307 e. The molecule has 0 aliphatic rings. The summed E-state index contributed by atoms with van der Waals surface area (Å²) in [4.78, 5) is 14.2. The number of nitrogens with one attached hydrogen (secondary N) is 1. The first-order valence-corrected chi connectivity index (χ1v) is 8.94. The van der Waals surface area contributed by atoms with Crippen molar-refractivity contribution in [1.82, 2.24) is 4.98 Å². The molecule has 130 valence electrons. The molecular weight excluding hydrogens is 382 g/mol. The van der Waals surface area contributed by atoms with Crippen LogP contribution in [0.5, 0.6) is 11.5 Å².